The van der Waals surface area contributed by atoms with Crippen LogP contribution in [0.2, 0.25) is 0 Å². The molecule has 1 saturated heterocycles. The Morgan fingerprint density at radius 2 is 1.50 bits per heavy atom. The lowest BCUT2D eigenvalue weighted by atomic mass is 10.1. The first kappa shape index (κ1) is 22.2. The molecule has 28 heavy (non-hydrogen) atoms. The first-order chi connectivity index (χ1) is 13.5. The highest BCUT2D eigenvalue weighted by molar-refractivity contribution is 5.94. The van der Waals surface area contributed by atoms with E-state index < -0.39 is 0 Å². The van der Waals surface area contributed by atoms with Crippen LogP contribution in [-0.4, -0.2) is 85.4 Å². The molecule has 1 aromatic carbocycles. The van der Waals surface area contributed by atoms with Crippen molar-refractivity contribution in [3.63, 3.8) is 0 Å². The second kappa shape index (κ2) is 11.1. The number of likely N-dealkylation sites (N-methyl/N-ethyl adjacent to an activating group) is 1. The molecule has 156 valence electrons. The van der Waals surface area contributed by atoms with Crippen molar-refractivity contribution in [3.8, 4) is 0 Å². The van der Waals surface area contributed by atoms with E-state index in [-0.39, 0.29) is 11.8 Å². The summed E-state index contributed by atoms with van der Waals surface area (Å²) < 4.78 is 0. The van der Waals surface area contributed by atoms with Crippen LogP contribution >= 0.6 is 0 Å². The highest BCUT2D eigenvalue weighted by Crippen LogP contribution is 2.17. The first-order valence-electron chi connectivity index (χ1n) is 10.7. The highest BCUT2D eigenvalue weighted by Gasteiger charge is 2.22. The van der Waals surface area contributed by atoms with Gasteiger partial charge < -0.3 is 14.7 Å². The number of hydrogen-bond acceptors (Lipinski definition) is 4. The molecule has 2 amide bonds. The fraction of sp³-hybridized carbons (Fsp3) is 0.636. The zero-order valence-electron chi connectivity index (χ0n) is 18.0. The van der Waals surface area contributed by atoms with Gasteiger partial charge in [-0.05, 0) is 58.4 Å². The molecular formula is C22H36N4O2. The molecule has 0 aromatic heterocycles. The number of rotatable bonds is 8. The summed E-state index contributed by atoms with van der Waals surface area (Å²) in [5.41, 5.74) is 1.89. The molecule has 1 aliphatic rings. The lowest BCUT2D eigenvalue weighted by molar-refractivity contribution is -0.132. The van der Waals surface area contributed by atoms with Crippen LogP contribution in [0.25, 0.3) is 0 Å². The molecule has 0 N–H and O–H groups in total. The van der Waals surface area contributed by atoms with Crippen LogP contribution in [0.1, 0.15) is 44.5 Å². The Bertz CT molecular complexity index is 624. The van der Waals surface area contributed by atoms with Gasteiger partial charge in [-0.15, -0.1) is 0 Å². The molecule has 1 heterocycles. The monoisotopic (exact) mass is 388 g/mol. The van der Waals surface area contributed by atoms with Gasteiger partial charge in [0.25, 0.3) is 5.91 Å². The Morgan fingerprint density at radius 3 is 2.07 bits per heavy atom. The average molecular weight is 389 g/mol. The average Bonchev–Trinajstić information content (AvgIpc) is 2.95. The topological polar surface area (TPSA) is 47.1 Å². The highest BCUT2D eigenvalue weighted by atomic mass is 16.2. The smallest absolute Gasteiger partial charge is 0.253 e. The van der Waals surface area contributed by atoms with E-state index >= 15 is 0 Å². The first-order valence-corrected chi connectivity index (χ1v) is 10.7. The van der Waals surface area contributed by atoms with E-state index in [1.165, 1.54) is 0 Å². The van der Waals surface area contributed by atoms with Gasteiger partial charge in [-0.3, -0.25) is 14.5 Å². The predicted molar refractivity (Wildman–Crippen MR) is 115 cm³/mol. The van der Waals surface area contributed by atoms with Crippen LogP contribution in [0.5, 0.6) is 0 Å². The minimum absolute atomic E-state index is 0.0861. The third-order valence-electron chi connectivity index (χ3n) is 5.59. The van der Waals surface area contributed by atoms with E-state index in [4.69, 9.17) is 0 Å². The van der Waals surface area contributed by atoms with Gasteiger partial charge in [0, 0.05) is 63.6 Å². The molecule has 0 unspecified atom stereocenters. The van der Waals surface area contributed by atoms with Gasteiger partial charge in [0.2, 0.25) is 5.91 Å². The maximum atomic E-state index is 12.9. The predicted octanol–water partition coefficient (Wildman–Crippen LogP) is 2.55. The largest absolute Gasteiger partial charge is 0.372 e. The van der Waals surface area contributed by atoms with Crippen LogP contribution in [0, 0.1) is 0 Å². The molecular weight excluding hydrogens is 352 g/mol. The Hall–Kier alpha value is -2.08. The third kappa shape index (κ3) is 5.71. The summed E-state index contributed by atoms with van der Waals surface area (Å²) >= 11 is 0. The molecule has 0 aliphatic carbocycles. The van der Waals surface area contributed by atoms with Gasteiger partial charge in [-0.1, -0.05) is 0 Å². The summed E-state index contributed by atoms with van der Waals surface area (Å²) in [4.78, 5) is 33.5. The molecule has 0 saturated carbocycles. The van der Waals surface area contributed by atoms with Crippen molar-refractivity contribution in [2.75, 3.05) is 63.8 Å². The molecule has 0 radical (unpaired) electrons. The molecule has 0 spiro atoms. The van der Waals surface area contributed by atoms with E-state index in [0.29, 0.717) is 13.1 Å². The lowest BCUT2D eigenvalue weighted by Gasteiger charge is -2.25. The maximum absolute atomic E-state index is 12.9. The molecule has 6 nitrogen and oxygen atoms in total. The summed E-state index contributed by atoms with van der Waals surface area (Å²) in [5, 5.41) is 0. The van der Waals surface area contributed by atoms with Crippen molar-refractivity contribution in [1.29, 1.82) is 0 Å². The molecule has 0 bridgehead atoms. The van der Waals surface area contributed by atoms with Gasteiger partial charge in [0.05, 0.1) is 6.54 Å². The van der Waals surface area contributed by atoms with Gasteiger partial charge in [0.1, 0.15) is 0 Å². The minimum Gasteiger partial charge on any atom is -0.372 e. The van der Waals surface area contributed by atoms with Gasteiger partial charge in [0.15, 0.2) is 0 Å². The zero-order valence-corrected chi connectivity index (χ0v) is 18.0. The van der Waals surface area contributed by atoms with Crippen LogP contribution in [0.3, 0.4) is 0 Å². The Kier molecular flexibility index (Phi) is 8.77. The van der Waals surface area contributed by atoms with Crippen molar-refractivity contribution >= 4 is 17.5 Å². The standard InChI is InChI=1S/C22H36N4O2/c1-5-24(6-2)20-12-10-19(11-13-20)22(28)26-15-9-14-23(16-17-26)18-21(27)25(7-3)8-4/h10-13H,5-9,14-18H2,1-4H3. The summed E-state index contributed by atoms with van der Waals surface area (Å²) in [7, 11) is 0. The van der Waals surface area contributed by atoms with Crippen LogP contribution in [0.4, 0.5) is 5.69 Å². The van der Waals surface area contributed by atoms with Crippen LogP contribution < -0.4 is 4.90 Å². The maximum Gasteiger partial charge on any atom is 0.253 e. The Morgan fingerprint density at radius 1 is 0.857 bits per heavy atom. The van der Waals surface area contributed by atoms with Crippen molar-refractivity contribution in [3.05, 3.63) is 29.8 Å². The number of anilines is 1. The summed E-state index contributed by atoms with van der Waals surface area (Å²) in [6.07, 6.45) is 0.898. The summed E-state index contributed by atoms with van der Waals surface area (Å²) in [6.45, 7) is 15.2. The van der Waals surface area contributed by atoms with Crippen molar-refractivity contribution in [2.24, 2.45) is 0 Å². The zero-order chi connectivity index (χ0) is 20.5. The normalized spacial score (nSPS) is 15.2. The van der Waals surface area contributed by atoms with Crippen LogP contribution in [0.15, 0.2) is 24.3 Å². The van der Waals surface area contributed by atoms with E-state index in [1.807, 2.05) is 47.9 Å². The van der Waals surface area contributed by atoms with Gasteiger partial charge in [-0.25, -0.2) is 0 Å². The Labute approximate surface area is 170 Å². The number of amides is 2. The molecule has 2 rings (SSSR count). The molecule has 1 aromatic rings. The minimum atomic E-state index is 0.0861. The van der Waals surface area contributed by atoms with E-state index in [1.54, 1.807) is 0 Å². The Balaban J connectivity index is 1.94. The number of carbonyl (C=O) groups excluding carboxylic acids is 2. The van der Waals surface area contributed by atoms with E-state index in [2.05, 4.69) is 23.6 Å². The van der Waals surface area contributed by atoms with Gasteiger partial charge >= 0.3 is 0 Å². The number of carbonyl (C=O) groups is 2. The van der Waals surface area contributed by atoms with Gasteiger partial charge in [-0.2, -0.15) is 0 Å². The van der Waals surface area contributed by atoms with Crippen LogP contribution in [-0.2, 0) is 4.79 Å². The van der Waals surface area contributed by atoms with Crippen molar-refractivity contribution in [2.45, 2.75) is 34.1 Å². The number of benzene rings is 1. The van der Waals surface area contributed by atoms with Crippen molar-refractivity contribution in [1.82, 2.24) is 14.7 Å². The second-order valence-electron chi connectivity index (χ2n) is 7.21. The third-order valence-corrected chi connectivity index (χ3v) is 5.59. The molecule has 1 fully saturated rings. The summed E-state index contributed by atoms with van der Waals surface area (Å²) in [5.74, 6) is 0.264. The van der Waals surface area contributed by atoms with Crippen molar-refractivity contribution < 1.29 is 9.59 Å². The summed E-state index contributed by atoms with van der Waals surface area (Å²) in [6, 6.07) is 7.94. The fourth-order valence-corrected chi connectivity index (χ4v) is 3.79. The molecule has 0 atom stereocenters. The molecule has 1 aliphatic heterocycles. The van der Waals surface area contributed by atoms with E-state index in [0.717, 1.165) is 63.5 Å². The quantitative estimate of drug-likeness (QED) is 0.687. The second-order valence-corrected chi connectivity index (χ2v) is 7.21. The number of hydrogen-bond donors (Lipinski definition) is 0. The SMILES string of the molecule is CCN(CC)C(=O)CN1CCCN(C(=O)c2ccc(N(CC)CC)cc2)CC1. The lowest BCUT2D eigenvalue weighted by Crippen LogP contribution is -2.42. The fourth-order valence-electron chi connectivity index (χ4n) is 3.79. The number of nitrogens with zero attached hydrogens (tertiary/aromatic N) is 4. The molecule has 6 heteroatoms. The van der Waals surface area contributed by atoms with E-state index in [9.17, 15) is 9.59 Å².